The molecule has 1 aromatic heterocycles. The van der Waals surface area contributed by atoms with E-state index in [0.717, 1.165) is 17.7 Å². The molecule has 5 heteroatoms. The molecule has 176 valence electrons. The van der Waals surface area contributed by atoms with Gasteiger partial charge in [-0.2, -0.15) is 0 Å². The maximum atomic E-state index is 13.4. The first-order valence-corrected chi connectivity index (χ1v) is 11.7. The predicted molar refractivity (Wildman–Crippen MR) is 131 cm³/mol. The van der Waals surface area contributed by atoms with Crippen LogP contribution >= 0.6 is 0 Å². The Kier molecular flexibility index (Phi) is 9.11. The zero-order valence-corrected chi connectivity index (χ0v) is 21.0. The van der Waals surface area contributed by atoms with Crippen molar-refractivity contribution >= 4 is 11.8 Å². The minimum Gasteiger partial charge on any atom is -0.353 e. The summed E-state index contributed by atoms with van der Waals surface area (Å²) in [5, 5.41) is 0. The number of hydrogen-bond acceptors (Lipinski definition) is 2. The first-order valence-electron chi connectivity index (χ1n) is 11.7. The van der Waals surface area contributed by atoms with Crippen LogP contribution in [-0.2, 0) is 29.7 Å². The van der Waals surface area contributed by atoms with E-state index in [9.17, 15) is 9.59 Å². The Labute approximate surface area is 194 Å². The summed E-state index contributed by atoms with van der Waals surface area (Å²) in [5.74, 6) is 0.312. The van der Waals surface area contributed by atoms with Gasteiger partial charge in [-0.3, -0.25) is 9.59 Å². The van der Waals surface area contributed by atoms with Gasteiger partial charge in [0, 0.05) is 37.9 Å². The van der Waals surface area contributed by atoms with Crippen LogP contribution in [0, 0.1) is 11.3 Å². The van der Waals surface area contributed by atoms with E-state index in [0.29, 0.717) is 19.5 Å². The lowest BCUT2D eigenvalue weighted by molar-refractivity contribution is -0.143. The van der Waals surface area contributed by atoms with Crippen LogP contribution in [0.3, 0.4) is 0 Å². The highest BCUT2D eigenvalue weighted by Gasteiger charge is 2.26. The van der Waals surface area contributed by atoms with Gasteiger partial charge in [0.25, 0.3) is 0 Å². The SMILES string of the molecule is CC(CC(=O)N(CC(=O)N(Cc1ccccc1)Cc1cccn1C)C(C)C)CC(C)(C)C. The first-order chi connectivity index (χ1) is 15.0. The van der Waals surface area contributed by atoms with Crippen molar-refractivity contribution in [3.8, 4) is 0 Å². The van der Waals surface area contributed by atoms with Crippen LogP contribution in [0.25, 0.3) is 0 Å². The molecule has 0 bridgehead atoms. The number of aromatic nitrogens is 1. The molecule has 1 unspecified atom stereocenters. The van der Waals surface area contributed by atoms with E-state index in [2.05, 4.69) is 27.7 Å². The Balaban J connectivity index is 2.14. The minimum absolute atomic E-state index is 0.0260. The van der Waals surface area contributed by atoms with Gasteiger partial charge < -0.3 is 14.4 Å². The van der Waals surface area contributed by atoms with Crippen molar-refractivity contribution in [1.29, 1.82) is 0 Å². The van der Waals surface area contributed by atoms with E-state index in [1.165, 1.54) is 0 Å². The molecule has 0 saturated carbocycles. The standard InChI is InChI=1S/C27H41N3O2/c1-21(2)30(25(31)16-22(3)17-27(4,5)6)20-26(32)29(18-23-12-9-8-10-13-23)19-24-14-11-15-28(24)7/h8-15,21-22H,16-20H2,1-7H3. The van der Waals surface area contributed by atoms with E-state index in [1.54, 1.807) is 4.90 Å². The quantitative estimate of drug-likeness (QED) is 0.507. The number of carbonyl (C=O) groups is 2. The fourth-order valence-corrected chi connectivity index (χ4v) is 4.23. The van der Waals surface area contributed by atoms with Crippen LogP contribution in [0.5, 0.6) is 0 Å². The first kappa shape index (κ1) is 25.7. The van der Waals surface area contributed by atoms with Gasteiger partial charge in [0.2, 0.25) is 11.8 Å². The number of nitrogens with zero attached hydrogens (tertiary/aromatic N) is 3. The molecule has 5 nitrogen and oxygen atoms in total. The molecule has 1 atom stereocenters. The van der Waals surface area contributed by atoms with Gasteiger partial charge in [0.15, 0.2) is 0 Å². The Hall–Kier alpha value is -2.56. The third kappa shape index (κ3) is 8.18. The second-order valence-electron chi connectivity index (χ2n) is 10.5. The molecule has 32 heavy (non-hydrogen) atoms. The second kappa shape index (κ2) is 11.3. The van der Waals surface area contributed by atoms with Crippen LogP contribution in [0.15, 0.2) is 48.7 Å². The molecule has 0 fully saturated rings. The Morgan fingerprint density at radius 1 is 0.938 bits per heavy atom. The lowest BCUT2D eigenvalue weighted by Gasteiger charge is -2.32. The summed E-state index contributed by atoms with van der Waals surface area (Å²) in [6, 6.07) is 14.0. The summed E-state index contributed by atoms with van der Waals surface area (Å²) in [6.45, 7) is 13.8. The van der Waals surface area contributed by atoms with Crippen molar-refractivity contribution in [3.05, 3.63) is 59.9 Å². The normalized spacial score (nSPS) is 12.6. The lowest BCUT2D eigenvalue weighted by Crippen LogP contribution is -2.46. The van der Waals surface area contributed by atoms with Gasteiger partial charge in [-0.05, 0) is 49.3 Å². The number of carbonyl (C=O) groups excluding carboxylic acids is 2. The summed E-state index contributed by atoms with van der Waals surface area (Å²) in [7, 11) is 1.99. The van der Waals surface area contributed by atoms with Crippen LogP contribution < -0.4 is 0 Å². The molecule has 1 aromatic carbocycles. The predicted octanol–water partition coefficient (Wildman–Crippen LogP) is 5.25. The third-order valence-corrected chi connectivity index (χ3v) is 5.71. The molecule has 2 aromatic rings. The van der Waals surface area contributed by atoms with Crippen molar-refractivity contribution in [2.75, 3.05) is 6.54 Å². The summed E-state index contributed by atoms with van der Waals surface area (Å²) in [6.07, 6.45) is 3.44. The van der Waals surface area contributed by atoms with E-state index >= 15 is 0 Å². The molecule has 2 rings (SSSR count). The monoisotopic (exact) mass is 439 g/mol. The Bertz CT molecular complexity index is 865. The lowest BCUT2D eigenvalue weighted by atomic mass is 9.84. The summed E-state index contributed by atoms with van der Waals surface area (Å²) >= 11 is 0. The third-order valence-electron chi connectivity index (χ3n) is 5.71. The number of benzene rings is 1. The van der Waals surface area contributed by atoms with Gasteiger partial charge in [0.05, 0.1) is 13.1 Å². The van der Waals surface area contributed by atoms with E-state index in [4.69, 9.17) is 0 Å². The topological polar surface area (TPSA) is 45.6 Å². The fourth-order valence-electron chi connectivity index (χ4n) is 4.23. The molecule has 0 aliphatic rings. The van der Waals surface area contributed by atoms with Crippen molar-refractivity contribution in [2.24, 2.45) is 18.4 Å². The average molecular weight is 440 g/mol. The molecule has 0 spiro atoms. The van der Waals surface area contributed by atoms with Gasteiger partial charge in [-0.1, -0.05) is 58.0 Å². The van der Waals surface area contributed by atoms with Crippen LogP contribution in [0.2, 0.25) is 0 Å². The molecular weight excluding hydrogens is 398 g/mol. The van der Waals surface area contributed by atoms with Crippen LogP contribution in [0.4, 0.5) is 0 Å². The summed E-state index contributed by atoms with van der Waals surface area (Å²) < 4.78 is 2.03. The smallest absolute Gasteiger partial charge is 0.242 e. The van der Waals surface area contributed by atoms with Crippen molar-refractivity contribution < 1.29 is 9.59 Å². The minimum atomic E-state index is -0.0272. The Morgan fingerprint density at radius 2 is 1.59 bits per heavy atom. The van der Waals surface area contributed by atoms with Crippen molar-refractivity contribution in [1.82, 2.24) is 14.4 Å². The largest absolute Gasteiger partial charge is 0.353 e. The van der Waals surface area contributed by atoms with Crippen LogP contribution in [0.1, 0.15) is 65.6 Å². The van der Waals surface area contributed by atoms with E-state index in [-0.39, 0.29) is 35.7 Å². The van der Waals surface area contributed by atoms with Crippen molar-refractivity contribution in [3.63, 3.8) is 0 Å². The number of hydrogen-bond donors (Lipinski definition) is 0. The molecule has 2 amide bonds. The highest BCUT2D eigenvalue weighted by Crippen LogP contribution is 2.26. The maximum Gasteiger partial charge on any atom is 0.242 e. The number of amides is 2. The zero-order chi connectivity index (χ0) is 23.9. The maximum absolute atomic E-state index is 13.4. The number of aryl methyl sites for hydroxylation is 1. The molecule has 0 aliphatic heterocycles. The zero-order valence-electron chi connectivity index (χ0n) is 21.0. The van der Waals surface area contributed by atoms with E-state index in [1.807, 2.05) is 79.0 Å². The van der Waals surface area contributed by atoms with Gasteiger partial charge >= 0.3 is 0 Å². The van der Waals surface area contributed by atoms with Gasteiger partial charge in [-0.15, -0.1) is 0 Å². The average Bonchev–Trinajstić information content (AvgIpc) is 3.08. The highest BCUT2D eigenvalue weighted by atomic mass is 16.2. The van der Waals surface area contributed by atoms with Crippen LogP contribution in [-0.4, -0.2) is 38.8 Å². The highest BCUT2D eigenvalue weighted by molar-refractivity contribution is 5.85. The van der Waals surface area contributed by atoms with Gasteiger partial charge in [0.1, 0.15) is 0 Å². The molecule has 0 N–H and O–H groups in total. The number of rotatable bonds is 10. The molecule has 0 saturated heterocycles. The molecular formula is C27H41N3O2. The van der Waals surface area contributed by atoms with Crippen molar-refractivity contribution in [2.45, 2.75) is 73.5 Å². The van der Waals surface area contributed by atoms with Gasteiger partial charge in [-0.25, -0.2) is 0 Å². The van der Waals surface area contributed by atoms with E-state index < -0.39 is 0 Å². The Morgan fingerprint density at radius 3 is 2.12 bits per heavy atom. The summed E-state index contributed by atoms with van der Waals surface area (Å²) in [5.41, 5.74) is 2.33. The fraction of sp³-hybridized carbons (Fsp3) is 0.556. The molecule has 1 heterocycles. The summed E-state index contributed by atoms with van der Waals surface area (Å²) in [4.78, 5) is 30.2. The second-order valence-corrected chi connectivity index (χ2v) is 10.5. The molecule has 0 radical (unpaired) electrons. The molecule has 0 aliphatic carbocycles.